The number of hydrogen-bond acceptors (Lipinski definition) is 4. The van der Waals surface area contributed by atoms with Crippen LogP contribution >= 0.6 is 0 Å². The van der Waals surface area contributed by atoms with Crippen LogP contribution in [0.15, 0.2) is 42.5 Å². The number of amides is 1. The summed E-state index contributed by atoms with van der Waals surface area (Å²) in [6.07, 6.45) is 0. The van der Waals surface area contributed by atoms with Gasteiger partial charge in [-0.15, -0.1) is 0 Å². The molecule has 0 aliphatic carbocycles. The monoisotopic (exact) mass is 342 g/mol. The Bertz CT molecular complexity index is 789. The van der Waals surface area contributed by atoms with Crippen molar-refractivity contribution in [2.45, 2.75) is 26.8 Å². The molecule has 0 aromatic heterocycles. The lowest BCUT2D eigenvalue weighted by Gasteiger charge is -2.29. The van der Waals surface area contributed by atoms with Crippen LogP contribution in [-0.2, 0) is 0 Å². The van der Waals surface area contributed by atoms with E-state index in [-0.39, 0.29) is 17.6 Å². The maximum atomic E-state index is 13.0. The normalized spacial score (nSPS) is 11.7. The fraction of sp³-hybridized carbons (Fsp3) is 0.316. The fourth-order valence-corrected chi connectivity index (χ4v) is 2.88. The molecule has 2 aromatic rings. The van der Waals surface area contributed by atoms with Crippen molar-refractivity contribution >= 4 is 11.6 Å². The third kappa shape index (κ3) is 3.79. The Hall–Kier alpha value is -2.89. The van der Waals surface area contributed by atoms with E-state index in [0.717, 1.165) is 11.3 Å². The standard InChI is InChI=1S/C19H22N2O4/c1-5-20(14(3)15-8-6-9-16(12-15)25-4)19(22)17-10-7-11-18(13(17)2)21(23)24/h6-12,14H,5H2,1-4H3. The smallest absolute Gasteiger partial charge is 0.273 e. The Kier molecular flexibility index (Phi) is 5.75. The molecule has 2 aromatic carbocycles. The van der Waals surface area contributed by atoms with Gasteiger partial charge < -0.3 is 9.64 Å². The second kappa shape index (κ2) is 7.79. The summed E-state index contributed by atoms with van der Waals surface area (Å²) in [5.41, 5.74) is 1.63. The van der Waals surface area contributed by atoms with Crippen LogP contribution in [0.3, 0.4) is 0 Å². The molecule has 0 aliphatic heterocycles. The zero-order chi connectivity index (χ0) is 18.6. The van der Waals surface area contributed by atoms with Gasteiger partial charge in [0.1, 0.15) is 5.75 Å². The second-order valence-corrected chi connectivity index (χ2v) is 5.75. The van der Waals surface area contributed by atoms with E-state index in [1.165, 1.54) is 6.07 Å². The molecule has 0 aliphatic rings. The summed E-state index contributed by atoms with van der Waals surface area (Å²) < 4.78 is 5.25. The van der Waals surface area contributed by atoms with Gasteiger partial charge in [-0.2, -0.15) is 0 Å². The summed E-state index contributed by atoms with van der Waals surface area (Å²) in [5.74, 6) is 0.499. The molecule has 0 fully saturated rings. The van der Waals surface area contributed by atoms with E-state index in [9.17, 15) is 14.9 Å². The molecule has 0 saturated heterocycles. The van der Waals surface area contributed by atoms with Crippen molar-refractivity contribution in [2.75, 3.05) is 13.7 Å². The number of rotatable bonds is 6. The topological polar surface area (TPSA) is 72.7 Å². The van der Waals surface area contributed by atoms with Crippen LogP contribution in [0.4, 0.5) is 5.69 Å². The van der Waals surface area contributed by atoms with Crippen molar-refractivity contribution in [1.29, 1.82) is 0 Å². The molecule has 0 spiro atoms. The highest BCUT2D eigenvalue weighted by atomic mass is 16.6. The van der Waals surface area contributed by atoms with Crippen molar-refractivity contribution in [3.05, 3.63) is 69.3 Å². The lowest BCUT2D eigenvalue weighted by molar-refractivity contribution is -0.385. The van der Waals surface area contributed by atoms with Gasteiger partial charge in [0.25, 0.3) is 11.6 Å². The highest BCUT2D eigenvalue weighted by molar-refractivity contribution is 5.96. The molecule has 6 nitrogen and oxygen atoms in total. The van der Waals surface area contributed by atoms with E-state index in [0.29, 0.717) is 17.7 Å². The van der Waals surface area contributed by atoms with Crippen molar-refractivity contribution in [1.82, 2.24) is 4.90 Å². The van der Waals surface area contributed by atoms with E-state index in [2.05, 4.69) is 0 Å². The third-order valence-electron chi connectivity index (χ3n) is 4.38. The number of methoxy groups -OCH3 is 1. The summed E-state index contributed by atoms with van der Waals surface area (Å²) >= 11 is 0. The molecule has 0 N–H and O–H groups in total. The Morgan fingerprint density at radius 2 is 1.96 bits per heavy atom. The first-order chi connectivity index (χ1) is 11.9. The largest absolute Gasteiger partial charge is 0.497 e. The number of hydrogen-bond donors (Lipinski definition) is 0. The van der Waals surface area contributed by atoms with Crippen LogP contribution in [0.25, 0.3) is 0 Å². The van der Waals surface area contributed by atoms with Crippen molar-refractivity contribution in [3.8, 4) is 5.75 Å². The molecule has 132 valence electrons. The summed E-state index contributed by atoms with van der Waals surface area (Å²) in [4.78, 5) is 25.4. The van der Waals surface area contributed by atoms with E-state index in [1.54, 1.807) is 31.1 Å². The van der Waals surface area contributed by atoms with E-state index >= 15 is 0 Å². The Morgan fingerprint density at radius 3 is 2.56 bits per heavy atom. The number of benzene rings is 2. The minimum atomic E-state index is -0.464. The maximum absolute atomic E-state index is 13.0. The zero-order valence-electron chi connectivity index (χ0n) is 14.9. The van der Waals surface area contributed by atoms with Crippen LogP contribution in [0.5, 0.6) is 5.75 Å². The summed E-state index contributed by atoms with van der Waals surface area (Å²) in [6.45, 7) is 5.92. The molecule has 0 saturated carbocycles. The average Bonchev–Trinajstić information content (AvgIpc) is 2.62. The van der Waals surface area contributed by atoms with E-state index < -0.39 is 4.92 Å². The number of carbonyl (C=O) groups is 1. The van der Waals surface area contributed by atoms with Gasteiger partial charge in [0.05, 0.1) is 18.1 Å². The van der Waals surface area contributed by atoms with E-state index in [1.807, 2.05) is 38.1 Å². The van der Waals surface area contributed by atoms with Crippen molar-refractivity contribution in [2.24, 2.45) is 0 Å². The molecule has 0 bridgehead atoms. The van der Waals surface area contributed by atoms with Crippen molar-refractivity contribution in [3.63, 3.8) is 0 Å². The van der Waals surface area contributed by atoms with Gasteiger partial charge in [-0.1, -0.05) is 18.2 Å². The lowest BCUT2D eigenvalue weighted by Crippen LogP contribution is -2.34. The summed E-state index contributed by atoms with van der Waals surface area (Å²) in [5, 5.41) is 11.1. The van der Waals surface area contributed by atoms with Crippen LogP contribution in [-0.4, -0.2) is 29.4 Å². The van der Waals surface area contributed by atoms with Crippen LogP contribution in [0.2, 0.25) is 0 Å². The van der Waals surface area contributed by atoms with Gasteiger partial charge in [-0.05, 0) is 44.5 Å². The number of nitrogens with zero attached hydrogens (tertiary/aromatic N) is 2. The third-order valence-corrected chi connectivity index (χ3v) is 4.38. The Balaban J connectivity index is 2.38. The molecular weight excluding hydrogens is 320 g/mol. The van der Waals surface area contributed by atoms with Crippen molar-refractivity contribution < 1.29 is 14.5 Å². The second-order valence-electron chi connectivity index (χ2n) is 5.75. The highest BCUT2D eigenvalue weighted by Crippen LogP contribution is 2.28. The van der Waals surface area contributed by atoms with Gasteiger partial charge in [0.15, 0.2) is 0 Å². The SMILES string of the molecule is CCN(C(=O)c1cccc([N+](=O)[O-])c1C)C(C)c1cccc(OC)c1. The molecule has 1 atom stereocenters. The molecule has 1 amide bonds. The van der Waals surface area contributed by atoms with Crippen LogP contribution < -0.4 is 4.74 Å². The molecule has 0 radical (unpaired) electrons. The maximum Gasteiger partial charge on any atom is 0.273 e. The summed E-state index contributed by atoms with van der Waals surface area (Å²) in [6, 6.07) is 11.9. The molecule has 1 unspecified atom stereocenters. The van der Waals surface area contributed by atoms with Gasteiger partial charge in [0, 0.05) is 23.7 Å². The average molecular weight is 342 g/mol. The number of nitro groups is 1. The number of ether oxygens (including phenoxy) is 1. The number of nitro benzene ring substituents is 1. The Labute approximate surface area is 147 Å². The first kappa shape index (κ1) is 18.4. The minimum Gasteiger partial charge on any atom is -0.497 e. The summed E-state index contributed by atoms with van der Waals surface area (Å²) in [7, 11) is 1.60. The minimum absolute atomic E-state index is 0.0454. The molecule has 6 heteroatoms. The lowest BCUT2D eigenvalue weighted by atomic mass is 10.0. The van der Waals surface area contributed by atoms with Gasteiger partial charge in [-0.25, -0.2) is 0 Å². The van der Waals surface area contributed by atoms with Gasteiger partial charge >= 0.3 is 0 Å². The predicted molar refractivity (Wildman–Crippen MR) is 96.0 cm³/mol. The van der Waals surface area contributed by atoms with Crippen LogP contribution in [0.1, 0.15) is 41.4 Å². The fourth-order valence-electron chi connectivity index (χ4n) is 2.88. The molecule has 25 heavy (non-hydrogen) atoms. The zero-order valence-corrected chi connectivity index (χ0v) is 14.9. The van der Waals surface area contributed by atoms with E-state index in [4.69, 9.17) is 4.74 Å². The first-order valence-corrected chi connectivity index (χ1v) is 8.09. The van der Waals surface area contributed by atoms with Gasteiger partial charge in [-0.3, -0.25) is 14.9 Å². The quantitative estimate of drug-likeness (QED) is 0.584. The molecule has 0 heterocycles. The first-order valence-electron chi connectivity index (χ1n) is 8.09. The van der Waals surface area contributed by atoms with Gasteiger partial charge in [0.2, 0.25) is 0 Å². The molecular formula is C19H22N2O4. The number of carbonyl (C=O) groups excluding carboxylic acids is 1. The molecule has 2 rings (SSSR count). The Morgan fingerprint density at radius 1 is 1.28 bits per heavy atom. The van der Waals surface area contributed by atoms with Crippen LogP contribution in [0, 0.1) is 17.0 Å². The highest BCUT2D eigenvalue weighted by Gasteiger charge is 2.25. The predicted octanol–water partition coefficient (Wildman–Crippen LogP) is 4.14.